The number of ether oxygens (including phenoxy) is 1. The van der Waals surface area contributed by atoms with Gasteiger partial charge in [0, 0.05) is 10.6 Å². The van der Waals surface area contributed by atoms with Gasteiger partial charge in [-0.2, -0.15) is 0 Å². The van der Waals surface area contributed by atoms with Gasteiger partial charge in [0.05, 0.1) is 12.7 Å². The van der Waals surface area contributed by atoms with Gasteiger partial charge in [0.1, 0.15) is 0 Å². The Morgan fingerprint density at radius 1 is 1.26 bits per heavy atom. The first-order chi connectivity index (χ1) is 9.04. The third-order valence-corrected chi connectivity index (χ3v) is 3.27. The first-order valence-electron chi connectivity index (χ1n) is 5.68. The number of benzene rings is 2. The summed E-state index contributed by atoms with van der Waals surface area (Å²) in [5, 5.41) is 0.481. The minimum atomic E-state index is -0.660. The number of methoxy groups -OCH3 is 1. The average Bonchev–Trinajstić information content (AvgIpc) is 2.41. The van der Waals surface area contributed by atoms with Gasteiger partial charge >= 0.3 is 0 Å². The molecule has 0 aliphatic rings. The van der Waals surface area contributed by atoms with E-state index in [1.54, 1.807) is 18.2 Å². The molecule has 0 atom stereocenters. The molecule has 0 unspecified atom stereocenters. The lowest BCUT2D eigenvalue weighted by molar-refractivity contribution is 0.103. The first-order valence-corrected chi connectivity index (χ1v) is 6.05. The van der Waals surface area contributed by atoms with Gasteiger partial charge in [-0.15, -0.1) is 0 Å². The highest BCUT2D eigenvalue weighted by Crippen LogP contribution is 2.24. The molecule has 2 aromatic carbocycles. The Morgan fingerprint density at radius 2 is 2.00 bits per heavy atom. The van der Waals surface area contributed by atoms with Crippen molar-refractivity contribution < 1.29 is 13.9 Å². The zero-order valence-corrected chi connectivity index (χ0v) is 11.3. The molecule has 0 fully saturated rings. The summed E-state index contributed by atoms with van der Waals surface area (Å²) in [6.45, 7) is 1.84. The van der Waals surface area contributed by atoms with Crippen molar-refractivity contribution in [3.63, 3.8) is 0 Å². The topological polar surface area (TPSA) is 26.3 Å². The molecule has 2 nitrogen and oxygen atoms in total. The molecule has 0 aliphatic carbocycles. The molecule has 0 heterocycles. The van der Waals surface area contributed by atoms with Crippen molar-refractivity contribution in [3.05, 3.63) is 63.9 Å². The van der Waals surface area contributed by atoms with E-state index in [0.29, 0.717) is 10.6 Å². The number of ketones is 1. The predicted octanol–water partition coefficient (Wildman–Crippen LogP) is 4.03. The van der Waals surface area contributed by atoms with Gasteiger partial charge < -0.3 is 4.74 Å². The fourth-order valence-corrected chi connectivity index (χ4v) is 1.91. The van der Waals surface area contributed by atoms with E-state index in [4.69, 9.17) is 16.3 Å². The molecule has 0 spiro atoms. The van der Waals surface area contributed by atoms with Crippen LogP contribution in [0.1, 0.15) is 21.5 Å². The fourth-order valence-electron chi connectivity index (χ4n) is 1.73. The Morgan fingerprint density at radius 3 is 2.63 bits per heavy atom. The SMILES string of the molecule is COc1cccc(C(=O)c2ccc(C)c(Cl)c2)c1F. The second-order valence-corrected chi connectivity index (χ2v) is 4.52. The third kappa shape index (κ3) is 2.61. The lowest BCUT2D eigenvalue weighted by Gasteiger charge is -2.07. The van der Waals surface area contributed by atoms with E-state index in [1.165, 1.54) is 25.3 Å². The van der Waals surface area contributed by atoms with Crippen molar-refractivity contribution in [2.45, 2.75) is 6.92 Å². The predicted molar refractivity (Wildman–Crippen MR) is 72.6 cm³/mol. The lowest BCUT2D eigenvalue weighted by atomic mass is 10.0. The van der Waals surface area contributed by atoms with Crippen molar-refractivity contribution in [2.75, 3.05) is 7.11 Å². The molecule has 0 bridgehead atoms. The summed E-state index contributed by atoms with van der Waals surface area (Å²) in [5.41, 5.74) is 1.19. The van der Waals surface area contributed by atoms with Gasteiger partial charge in [-0.1, -0.05) is 29.8 Å². The van der Waals surface area contributed by atoms with E-state index in [-0.39, 0.29) is 11.3 Å². The van der Waals surface area contributed by atoms with Crippen molar-refractivity contribution in [1.29, 1.82) is 0 Å². The standard InChI is InChI=1S/C15H12ClFO2/c1-9-6-7-10(8-12(9)16)15(18)11-4-3-5-13(19-2)14(11)17/h3-8H,1-2H3. The number of rotatable bonds is 3. The Hall–Kier alpha value is -1.87. The highest BCUT2D eigenvalue weighted by molar-refractivity contribution is 6.31. The van der Waals surface area contributed by atoms with Crippen LogP contribution in [0.4, 0.5) is 4.39 Å². The van der Waals surface area contributed by atoms with Crippen LogP contribution in [0.2, 0.25) is 5.02 Å². The van der Waals surface area contributed by atoms with Gasteiger partial charge in [-0.25, -0.2) is 4.39 Å². The van der Waals surface area contributed by atoms with Gasteiger partial charge in [0.2, 0.25) is 0 Å². The molecule has 19 heavy (non-hydrogen) atoms. The smallest absolute Gasteiger partial charge is 0.196 e. The van der Waals surface area contributed by atoms with Crippen molar-refractivity contribution >= 4 is 17.4 Å². The van der Waals surface area contributed by atoms with Crippen molar-refractivity contribution in [3.8, 4) is 5.75 Å². The van der Waals surface area contributed by atoms with E-state index >= 15 is 0 Å². The zero-order chi connectivity index (χ0) is 14.0. The van der Waals surface area contributed by atoms with Gasteiger partial charge in [-0.05, 0) is 30.7 Å². The van der Waals surface area contributed by atoms with Crippen LogP contribution < -0.4 is 4.74 Å². The molecule has 0 N–H and O–H groups in total. The molecule has 98 valence electrons. The Kier molecular flexibility index (Phi) is 3.86. The summed E-state index contributed by atoms with van der Waals surface area (Å²) in [4.78, 5) is 12.2. The lowest BCUT2D eigenvalue weighted by Crippen LogP contribution is -2.05. The average molecular weight is 279 g/mol. The summed E-state index contributed by atoms with van der Waals surface area (Å²) in [7, 11) is 1.36. The van der Waals surface area contributed by atoms with Crippen LogP contribution in [0.3, 0.4) is 0 Å². The number of carbonyl (C=O) groups is 1. The van der Waals surface area contributed by atoms with E-state index in [1.807, 2.05) is 6.92 Å². The summed E-state index contributed by atoms with van der Waals surface area (Å²) in [5.74, 6) is -1.03. The minimum Gasteiger partial charge on any atom is -0.494 e. The maximum atomic E-state index is 14.0. The van der Waals surface area contributed by atoms with E-state index in [2.05, 4.69) is 0 Å². The molecular weight excluding hydrogens is 267 g/mol. The first kappa shape index (κ1) is 13.6. The van der Waals surface area contributed by atoms with Gasteiger partial charge in [0.15, 0.2) is 17.3 Å². The largest absolute Gasteiger partial charge is 0.494 e. The molecule has 4 heteroatoms. The summed E-state index contributed by atoms with van der Waals surface area (Å²) in [6.07, 6.45) is 0. The normalized spacial score (nSPS) is 10.3. The summed E-state index contributed by atoms with van der Waals surface area (Å²) in [6, 6.07) is 9.36. The maximum Gasteiger partial charge on any atom is 0.196 e. The molecule has 0 saturated carbocycles. The highest BCUT2D eigenvalue weighted by Gasteiger charge is 2.17. The van der Waals surface area contributed by atoms with Crippen LogP contribution in [0.25, 0.3) is 0 Å². The van der Waals surface area contributed by atoms with Gasteiger partial charge in [0.25, 0.3) is 0 Å². The van der Waals surface area contributed by atoms with Gasteiger partial charge in [-0.3, -0.25) is 4.79 Å². The monoisotopic (exact) mass is 278 g/mol. The van der Waals surface area contributed by atoms with Crippen LogP contribution in [0.5, 0.6) is 5.75 Å². The zero-order valence-electron chi connectivity index (χ0n) is 10.5. The van der Waals surface area contributed by atoms with E-state index in [0.717, 1.165) is 5.56 Å². The highest BCUT2D eigenvalue weighted by atomic mass is 35.5. The minimum absolute atomic E-state index is 0.0285. The quantitative estimate of drug-likeness (QED) is 0.793. The van der Waals surface area contributed by atoms with Crippen LogP contribution in [0.15, 0.2) is 36.4 Å². The number of hydrogen-bond acceptors (Lipinski definition) is 2. The van der Waals surface area contributed by atoms with Crippen molar-refractivity contribution in [1.82, 2.24) is 0 Å². The molecular formula is C15H12ClFO2. The Bertz CT molecular complexity index is 638. The number of halogens is 2. The van der Waals surface area contributed by atoms with E-state index in [9.17, 15) is 9.18 Å². The second kappa shape index (κ2) is 5.41. The molecule has 0 saturated heterocycles. The fraction of sp³-hybridized carbons (Fsp3) is 0.133. The van der Waals surface area contributed by atoms with Crippen molar-refractivity contribution in [2.24, 2.45) is 0 Å². The number of carbonyl (C=O) groups excluding carboxylic acids is 1. The molecule has 0 aliphatic heterocycles. The second-order valence-electron chi connectivity index (χ2n) is 4.11. The van der Waals surface area contributed by atoms with Crippen LogP contribution in [-0.4, -0.2) is 12.9 Å². The van der Waals surface area contributed by atoms with Crippen LogP contribution in [0, 0.1) is 12.7 Å². The van der Waals surface area contributed by atoms with Crippen LogP contribution >= 0.6 is 11.6 Å². The Balaban J connectivity index is 2.47. The Labute approximate surface area is 115 Å². The molecule has 2 aromatic rings. The number of hydrogen-bond donors (Lipinski definition) is 0. The maximum absolute atomic E-state index is 14.0. The summed E-state index contributed by atoms with van der Waals surface area (Å²) < 4.78 is 18.9. The van der Waals surface area contributed by atoms with Crippen LogP contribution in [-0.2, 0) is 0 Å². The third-order valence-electron chi connectivity index (χ3n) is 2.86. The van der Waals surface area contributed by atoms with E-state index < -0.39 is 11.6 Å². The molecule has 0 amide bonds. The molecule has 2 rings (SSSR count). The summed E-state index contributed by atoms with van der Waals surface area (Å²) >= 11 is 5.97. The molecule has 0 radical (unpaired) electrons. The number of aryl methyl sites for hydroxylation is 1. The molecule has 0 aromatic heterocycles.